The summed E-state index contributed by atoms with van der Waals surface area (Å²) in [5.74, 6) is -0.127. The Morgan fingerprint density at radius 3 is 2.14 bits per heavy atom. The zero-order valence-electron chi connectivity index (χ0n) is 21.5. The predicted octanol–water partition coefficient (Wildman–Crippen LogP) is 2.69. The van der Waals surface area contributed by atoms with Crippen LogP contribution in [0, 0.1) is 17.3 Å². The molecule has 2 fully saturated rings. The maximum atomic E-state index is 12.5. The standard InChI is InChI=1S/C28H36N4O5/c1-16(33)25(27(36)32-37)31-26(35)19-6-4-17(5-7-19)18-8-11-21(12-9-18)30-24(34)15-29-23-14-20-10-13-22(23)28(20,2)3/h4-9,11-12,16,20,22-23,25,29,33,37H,10,13-15H2,1-3H3,(H,30,34)(H,31,35)(H,32,36)/t16-,20?,22+,23?,25+/m1/s1. The number of hydroxylamine groups is 1. The SMILES string of the molecule is C[C@@H](O)[C@H](NC(=O)c1ccc(-c2ccc(NC(=O)CNC3CC4CC[C@@H]3C4(C)C)cc2)cc1)C(=O)NO. The van der Waals surface area contributed by atoms with E-state index in [0.717, 1.165) is 23.5 Å². The number of rotatable bonds is 9. The lowest BCUT2D eigenvalue weighted by molar-refractivity contribution is -0.133. The number of carbonyl (C=O) groups is 3. The number of aliphatic hydroxyl groups excluding tert-OH is 1. The van der Waals surface area contributed by atoms with Crippen LogP contribution in [0.5, 0.6) is 0 Å². The summed E-state index contributed by atoms with van der Waals surface area (Å²) in [4.78, 5) is 36.6. The topological polar surface area (TPSA) is 140 Å². The van der Waals surface area contributed by atoms with Crippen LogP contribution in [0.2, 0.25) is 0 Å². The lowest BCUT2D eigenvalue weighted by Crippen LogP contribution is -2.51. The average Bonchev–Trinajstić information content (AvgIpc) is 3.31. The first kappa shape index (κ1) is 26.8. The van der Waals surface area contributed by atoms with Crippen LogP contribution in [0.15, 0.2) is 48.5 Å². The van der Waals surface area contributed by atoms with Crippen molar-refractivity contribution >= 4 is 23.4 Å². The van der Waals surface area contributed by atoms with E-state index in [2.05, 4.69) is 29.8 Å². The van der Waals surface area contributed by atoms with E-state index in [-0.39, 0.29) is 5.91 Å². The maximum absolute atomic E-state index is 12.5. The molecule has 37 heavy (non-hydrogen) atoms. The number of amides is 3. The smallest absolute Gasteiger partial charge is 0.268 e. The van der Waals surface area contributed by atoms with Crippen LogP contribution in [-0.2, 0) is 9.59 Å². The molecule has 2 aromatic rings. The van der Waals surface area contributed by atoms with Gasteiger partial charge in [-0.3, -0.25) is 19.6 Å². The van der Waals surface area contributed by atoms with Crippen molar-refractivity contribution in [1.29, 1.82) is 0 Å². The van der Waals surface area contributed by atoms with Gasteiger partial charge in [-0.15, -0.1) is 0 Å². The summed E-state index contributed by atoms with van der Waals surface area (Å²) in [7, 11) is 0. The van der Waals surface area contributed by atoms with Crippen molar-refractivity contribution < 1.29 is 24.7 Å². The van der Waals surface area contributed by atoms with E-state index in [4.69, 9.17) is 5.21 Å². The zero-order chi connectivity index (χ0) is 26.7. The number of fused-ring (bicyclic) bond motifs is 2. The van der Waals surface area contributed by atoms with Gasteiger partial charge in [0.05, 0.1) is 12.6 Å². The molecule has 9 heteroatoms. The first-order valence-electron chi connectivity index (χ1n) is 12.8. The minimum atomic E-state index is -1.28. The van der Waals surface area contributed by atoms with Gasteiger partial charge in [0.25, 0.3) is 11.8 Å². The van der Waals surface area contributed by atoms with E-state index in [9.17, 15) is 19.5 Å². The van der Waals surface area contributed by atoms with Gasteiger partial charge in [0, 0.05) is 17.3 Å². The van der Waals surface area contributed by atoms with Crippen molar-refractivity contribution in [2.75, 3.05) is 11.9 Å². The first-order chi connectivity index (χ1) is 17.6. The normalized spacial score (nSPS) is 23.2. The van der Waals surface area contributed by atoms with Crippen molar-refractivity contribution in [3.05, 3.63) is 54.1 Å². The molecule has 0 heterocycles. The highest BCUT2D eigenvalue weighted by molar-refractivity contribution is 5.98. The Kier molecular flexibility index (Phi) is 7.96. The van der Waals surface area contributed by atoms with E-state index >= 15 is 0 Å². The number of aliphatic hydroxyl groups is 1. The quantitative estimate of drug-likeness (QED) is 0.227. The molecular formula is C28H36N4O5. The molecule has 0 aliphatic heterocycles. The molecule has 2 bridgehead atoms. The Labute approximate surface area is 217 Å². The summed E-state index contributed by atoms with van der Waals surface area (Å²) in [5.41, 5.74) is 4.60. The van der Waals surface area contributed by atoms with Gasteiger partial charge in [0.2, 0.25) is 5.91 Å². The summed E-state index contributed by atoms with van der Waals surface area (Å²) < 4.78 is 0. The van der Waals surface area contributed by atoms with Crippen molar-refractivity contribution in [2.24, 2.45) is 17.3 Å². The fourth-order valence-corrected chi connectivity index (χ4v) is 5.95. The van der Waals surface area contributed by atoms with Gasteiger partial charge in [0.1, 0.15) is 6.04 Å². The van der Waals surface area contributed by atoms with Gasteiger partial charge in [0.15, 0.2) is 0 Å². The Morgan fingerprint density at radius 1 is 1.00 bits per heavy atom. The molecule has 2 unspecified atom stereocenters. The highest BCUT2D eigenvalue weighted by atomic mass is 16.5. The summed E-state index contributed by atoms with van der Waals surface area (Å²) >= 11 is 0. The minimum Gasteiger partial charge on any atom is -0.391 e. The second-order valence-electron chi connectivity index (χ2n) is 10.8. The second-order valence-corrected chi connectivity index (χ2v) is 10.8. The molecule has 0 radical (unpaired) electrons. The van der Waals surface area contributed by atoms with Crippen LogP contribution in [0.4, 0.5) is 5.69 Å². The third kappa shape index (κ3) is 5.84. The highest BCUT2D eigenvalue weighted by Gasteiger charge is 2.52. The average molecular weight is 509 g/mol. The highest BCUT2D eigenvalue weighted by Crippen LogP contribution is 2.57. The van der Waals surface area contributed by atoms with E-state index < -0.39 is 24.0 Å². The second kappa shape index (κ2) is 11.0. The molecule has 2 saturated carbocycles. The van der Waals surface area contributed by atoms with Gasteiger partial charge in [-0.05, 0) is 78.8 Å². The largest absolute Gasteiger partial charge is 0.391 e. The van der Waals surface area contributed by atoms with E-state index in [1.807, 2.05) is 24.3 Å². The van der Waals surface area contributed by atoms with Crippen LogP contribution in [0.25, 0.3) is 11.1 Å². The maximum Gasteiger partial charge on any atom is 0.268 e. The molecule has 6 N–H and O–H groups in total. The molecule has 2 aliphatic carbocycles. The number of benzene rings is 2. The lowest BCUT2D eigenvalue weighted by atomic mass is 9.81. The van der Waals surface area contributed by atoms with Crippen molar-refractivity contribution in [2.45, 2.75) is 58.2 Å². The van der Waals surface area contributed by atoms with Crippen molar-refractivity contribution in [3.63, 3.8) is 0 Å². The predicted molar refractivity (Wildman–Crippen MR) is 140 cm³/mol. The van der Waals surface area contributed by atoms with Gasteiger partial charge in [-0.1, -0.05) is 38.1 Å². The third-order valence-corrected chi connectivity index (χ3v) is 8.19. The van der Waals surface area contributed by atoms with Gasteiger partial charge in [-0.2, -0.15) is 0 Å². The summed E-state index contributed by atoms with van der Waals surface area (Å²) in [6.07, 6.45) is 2.51. The van der Waals surface area contributed by atoms with Crippen LogP contribution in [-0.4, -0.2) is 52.8 Å². The van der Waals surface area contributed by atoms with E-state index in [1.54, 1.807) is 24.3 Å². The molecule has 0 aromatic heterocycles. The van der Waals surface area contributed by atoms with Crippen LogP contribution < -0.4 is 21.4 Å². The molecule has 0 saturated heterocycles. The molecule has 198 valence electrons. The van der Waals surface area contributed by atoms with Crippen molar-refractivity contribution in [1.82, 2.24) is 16.1 Å². The van der Waals surface area contributed by atoms with Crippen LogP contribution in [0.1, 0.15) is 50.4 Å². The Hall–Kier alpha value is -3.27. The molecule has 4 rings (SSSR count). The summed E-state index contributed by atoms with van der Waals surface area (Å²) in [6, 6.07) is 13.4. The number of hydrogen-bond donors (Lipinski definition) is 6. The Balaban J connectivity index is 1.29. The molecule has 3 amide bonds. The number of anilines is 1. The zero-order valence-corrected chi connectivity index (χ0v) is 21.5. The van der Waals surface area contributed by atoms with Gasteiger partial charge >= 0.3 is 0 Å². The van der Waals surface area contributed by atoms with Gasteiger partial charge in [-0.25, -0.2) is 5.48 Å². The minimum absolute atomic E-state index is 0.0610. The third-order valence-electron chi connectivity index (χ3n) is 8.19. The Bertz CT molecular complexity index is 1130. The molecule has 2 aromatic carbocycles. The van der Waals surface area contributed by atoms with E-state index in [0.29, 0.717) is 35.2 Å². The monoisotopic (exact) mass is 508 g/mol. The fourth-order valence-electron chi connectivity index (χ4n) is 5.95. The van der Waals surface area contributed by atoms with E-state index in [1.165, 1.54) is 25.2 Å². The number of carbonyl (C=O) groups excluding carboxylic acids is 3. The summed E-state index contributed by atoms with van der Waals surface area (Å²) in [5, 5.41) is 27.3. The van der Waals surface area contributed by atoms with Crippen LogP contribution in [0.3, 0.4) is 0 Å². The Morgan fingerprint density at radius 2 is 1.62 bits per heavy atom. The molecule has 2 aliphatic rings. The van der Waals surface area contributed by atoms with Crippen LogP contribution >= 0.6 is 0 Å². The molecular weight excluding hydrogens is 472 g/mol. The lowest BCUT2D eigenvalue weighted by Gasteiger charge is -2.27. The summed E-state index contributed by atoms with van der Waals surface area (Å²) in [6.45, 7) is 6.34. The fraction of sp³-hybridized carbons (Fsp3) is 0.464. The van der Waals surface area contributed by atoms with Gasteiger partial charge < -0.3 is 21.1 Å². The number of hydrogen-bond acceptors (Lipinski definition) is 6. The first-order valence-corrected chi connectivity index (χ1v) is 12.8. The number of nitrogens with one attached hydrogen (secondary N) is 4. The van der Waals surface area contributed by atoms with Crippen molar-refractivity contribution in [3.8, 4) is 11.1 Å². The molecule has 0 spiro atoms. The molecule has 5 atom stereocenters. The molecule has 9 nitrogen and oxygen atoms in total.